The molecule has 26 heavy (non-hydrogen) atoms. The van der Waals surface area contributed by atoms with E-state index in [1.54, 1.807) is 20.3 Å². The van der Waals surface area contributed by atoms with E-state index in [0.29, 0.717) is 18.0 Å². The molecule has 0 aliphatic rings. The quantitative estimate of drug-likeness (QED) is 0.642. The molecule has 0 spiro atoms. The van der Waals surface area contributed by atoms with Crippen LogP contribution in [0, 0.1) is 0 Å². The number of nitrogens with two attached hydrogens (primary N) is 1. The number of methoxy groups -OCH3 is 3. The number of benzene rings is 1. The van der Waals surface area contributed by atoms with Crippen molar-refractivity contribution in [1.82, 2.24) is 5.32 Å². The monoisotopic (exact) mass is 382 g/mol. The van der Waals surface area contributed by atoms with E-state index in [1.807, 2.05) is 12.1 Å². The molecule has 148 valence electrons. The molecule has 1 atom stereocenters. The van der Waals surface area contributed by atoms with Crippen LogP contribution < -0.4 is 20.5 Å². The molecular formula is C15H21F3N2O6. The van der Waals surface area contributed by atoms with E-state index < -0.39 is 18.2 Å². The number of rotatable bonds is 7. The number of amides is 1. The van der Waals surface area contributed by atoms with Crippen molar-refractivity contribution in [1.29, 1.82) is 0 Å². The van der Waals surface area contributed by atoms with Crippen LogP contribution in [0.2, 0.25) is 0 Å². The fraction of sp³-hybridized carbons (Fsp3) is 0.467. The molecular weight excluding hydrogens is 361 g/mol. The van der Waals surface area contributed by atoms with Crippen LogP contribution in [0.25, 0.3) is 0 Å². The second-order valence-electron chi connectivity index (χ2n) is 4.74. The highest BCUT2D eigenvalue weighted by molar-refractivity contribution is 5.81. The van der Waals surface area contributed by atoms with Crippen molar-refractivity contribution in [3.8, 4) is 11.5 Å². The average Bonchev–Trinajstić information content (AvgIpc) is 2.58. The predicted molar refractivity (Wildman–Crippen MR) is 84.9 cm³/mol. The number of ether oxygens (including phenoxy) is 3. The molecule has 0 saturated heterocycles. The van der Waals surface area contributed by atoms with Crippen LogP contribution in [0.4, 0.5) is 13.2 Å². The van der Waals surface area contributed by atoms with Crippen molar-refractivity contribution < 1.29 is 42.1 Å². The molecule has 0 fully saturated rings. The van der Waals surface area contributed by atoms with Gasteiger partial charge < -0.3 is 30.4 Å². The molecule has 1 amide bonds. The van der Waals surface area contributed by atoms with Crippen LogP contribution in [0.15, 0.2) is 18.2 Å². The van der Waals surface area contributed by atoms with Crippen LogP contribution in [-0.4, -0.2) is 57.1 Å². The van der Waals surface area contributed by atoms with Crippen LogP contribution >= 0.6 is 0 Å². The van der Waals surface area contributed by atoms with E-state index in [2.05, 4.69) is 5.32 Å². The van der Waals surface area contributed by atoms with Gasteiger partial charge in [-0.2, -0.15) is 13.2 Å². The molecule has 0 radical (unpaired) electrons. The number of para-hydroxylation sites is 1. The summed E-state index contributed by atoms with van der Waals surface area (Å²) in [6.45, 7) is 0.498. The Morgan fingerprint density at radius 3 is 2.23 bits per heavy atom. The molecule has 0 bridgehead atoms. The van der Waals surface area contributed by atoms with Gasteiger partial charge in [0.25, 0.3) is 0 Å². The number of carboxylic acids is 1. The van der Waals surface area contributed by atoms with E-state index in [1.165, 1.54) is 7.11 Å². The first-order chi connectivity index (χ1) is 12.1. The first kappa shape index (κ1) is 23.5. The number of carbonyl (C=O) groups excluding carboxylic acids is 1. The number of carbonyl (C=O) groups is 2. The zero-order valence-corrected chi connectivity index (χ0v) is 14.4. The van der Waals surface area contributed by atoms with E-state index in [4.69, 9.17) is 29.8 Å². The Hall–Kier alpha value is -2.53. The lowest BCUT2D eigenvalue weighted by Crippen LogP contribution is -2.43. The summed E-state index contributed by atoms with van der Waals surface area (Å²) in [7, 11) is 4.62. The molecule has 1 aromatic rings. The SMILES string of the molecule is COC[C@H](N)C(=O)NCc1cccc(OC)c1OC.O=C(O)C(F)(F)F. The number of halogens is 3. The van der Waals surface area contributed by atoms with Gasteiger partial charge in [0, 0.05) is 19.2 Å². The molecule has 0 heterocycles. The Morgan fingerprint density at radius 2 is 1.81 bits per heavy atom. The lowest BCUT2D eigenvalue weighted by Gasteiger charge is -2.15. The van der Waals surface area contributed by atoms with Crippen molar-refractivity contribution in [2.45, 2.75) is 18.8 Å². The number of hydrogen-bond acceptors (Lipinski definition) is 6. The first-order valence-electron chi connectivity index (χ1n) is 7.10. The highest BCUT2D eigenvalue weighted by Gasteiger charge is 2.38. The molecule has 0 aromatic heterocycles. The number of aliphatic carboxylic acids is 1. The van der Waals surface area contributed by atoms with Gasteiger partial charge in [-0.3, -0.25) is 4.79 Å². The molecule has 1 aromatic carbocycles. The van der Waals surface area contributed by atoms with Gasteiger partial charge in [-0.1, -0.05) is 12.1 Å². The summed E-state index contributed by atoms with van der Waals surface area (Å²) < 4.78 is 47.0. The van der Waals surface area contributed by atoms with Crippen molar-refractivity contribution in [3.05, 3.63) is 23.8 Å². The minimum Gasteiger partial charge on any atom is -0.493 e. The van der Waals surface area contributed by atoms with Gasteiger partial charge >= 0.3 is 12.1 Å². The van der Waals surface area contributed by atoms with Crippen LogP contribution in [0.5, 0.6) is 11.5 Å². The molecule has 0 aliphatic heterocycles. The number of nitrogens with one attached hydrogen (secondary N) is 1. The Balaban J connectivity index is 0.000000758. The van der Waals surface area contributed by atoms with Gasteiger partial charge in [0.1, 0.15) is 6.04 Å². The number of carboxylic acid groups (broad SMARTS) is 1. The molecule has 1 rings (SSSR count). The Labute approximate surface area is 148 Å². The predicted octanol–water partition coefficient (Wildman–Crippen LogP) is 0.927. The van der Waals surface area contributed by atoms with Crippen LogP contribution in [0.3, 0.4) is 0 Å². The maximum Gasteiger partial charge on any atom is 0.490 e. The second kappa shape index (κ2) is 11.2. The summed E-state index contributed by atoms with van der Waals surface area (Å²) in [6.07, 6.45) is -5.08. The minimum absolute atomic E-state index is 0.182. The lowest BCUT2D eigenvalue weighted by molar-refractivity contribution is -0.192. The third-order valence-electron chi connectivity index (χ3n) is 2.86. The third-order valence-corrected chi connectivity index (χ3v) is 2.86. The lowest BCUT2D eigenvalue weighted by atomic mass is 10.1. The molecule has 0 saturated carbocycles. The van der Waals surface area contributed by atoms with Gasteiger partial charge in [-0.15, -0.1) is 0 Å². The zero-order valence-electron chi connectivity index (χ0n) is 14.4. The normalized spacial score (nSPS) is 11.7. The Bertz CT molecular complexity index is 595. The smallest absolute Gasteiger partial charge is 0.490 e. The van der Waals surface area contributed by atoms with Gasteiger partial charge in [0.05, 0.1) is 20.8 Å². The molecule has 11 heteroatoms. The molecule has 0 unspecified atom stereocenters. The zero-order chi connectivity index (χ0) is 20.3. The average molecular weight is 382 g/mol. The first-order valence-corrected chi connectivity index (χ1v) is 7.10. The van der Waals surface area contributed by atoms with Gasteiger partial charge in [0.2, 0.25) is 5.91 Å². The maximum absolute atomic E-state index is 11.7. The number of hydrogen-bond donors (Lipinski definition) is 3. The summed E-state index contributed by atoms with van der Waals surface area (Å²) in [5, 5.41) is 9.86. The van der Waals surface area contributed by atoms with E-state index in [9.17, 15) is 18.0 Å². The molecule has 0 aliphatic carbocycles. The number of alkyl halides is 3. The van der Waals surface area contributed by atoms with Crippen molar-refractivity contribution >= 4 is 11.9 Å². The summed E-state index contributed by atoms with van der Waals surface area (Å²) in [4.78, 5) is 20.6. The Morgan fingerprint density at radius 1 is 1.23 bits per heavy atom. The maximum atomic E-state index is 11.7. The van der Waals surface area contributed by atoms with Gasteiger partial charge in [-0.25, -0.2) is 4.79 Å². The minimum atomic E-state index is -5.08. The van der Waals surface area contributed by atoms with Crippen molar-refractivity contribution in [3.63, 3.8) is 0 Å². The summed E-state index contributed by atoms with van der Waals surface area (Å²) in [5.41, 5.74) is 6.44. The summed E-state index contributed by atoms with van der Waals surface area (Å²) in [5.74, 6) is -1.81. The standard InChI is InChI=1S/C13H20N2O4.C2HF3O2/c1-17-8-10(14)13(16)15-7-9-5-4-6-11(18-2)12(9)19-3;3-2(4,5)1(6)7/h4-6,10H,7-8,14H2,1-3H3,(H,15,16);(H,6,7)/t10-;/m0./s1. The highest BCUT2D eigenvalue weighted by Crippen LogP contribution is 2.30. The largest absolute Gasteiger partial charge is 0.493 e. The van der Waals surface area contributed by atoms with E-state index in [0.717, 1.165) is 5.56 Å². The summed E-state index contributed by atoms with van der Waals surface area (Å²) in [6, 6.07) is 4.80. The Kier molecular flexibility index (Phi) is 10.1. The van der Waals surface area contributed by atoms with Crippen molar-refractivity contribution in [2.75, 3.05) is 27.9 Å². The van der Waals surface area contributed by atoms with Gasteiger partial charge in [0.15, 0.2) is 11.5 Å². The third kappa shape index (κ3) is 8.03. The van der Waals surface area contributed by atoms with Crippen molar-refractivity contribution in [2.24, 2.45) is 5.73 Å². The second-order valence-corrected chi connectivity index (χ2v) is 4.74. The molecule has 8 nitrogen and oxygen atoms in total. The van der Waals surface area contributed by atoms with Crippen LogP contribution in [0.1, 0.15) is 5.56 Å². The van der Waals surface area contributed by atoms with Gasteiger partial charge in [-0.05, 0) is 6.07 Å². The fourth-order valence-electron chi connectivity index (χ4n) is 1.66. The van der Waals surface area contributed by atoms with Crippen LogP contribution in [-0.2, 0) is 20.9 Å². The summed E-state index contributed by atoms with van der Waals surface area (Å²) >= 11 is 0. The van der Waals surface area contributed by atoms with E-state index >= 15 is 0 Å². The fourth-order valence-corrected chi connectivity index (χ4v) is 1.66. The van der Waals surface area contributed by atoms with E-state index in [-0.39, 0.29) is 12.5 Å². The molecule has 4 N–H and O–H groups in total. The topological polar surface area (TPSA) is 120 Å². The highest BCUT2D eigenvalue weighted by atomic mass is 19.4.